The smallest absolute Gasteiger partial charge is 0.450 e. The molecule has 0 rings (SSSR count). The maximum absolute atomic E-state index is 11.3. The van der Waals surface area contributed by atoms with Crippen LogP contribution in [-0.2, 0) is 0 Å². The molecule has 0 saturated carbocycles. The molecule has 0 bridgehead atoms. The van der Waals surface area contributed by atoms with Gasteiger partial charge in [0.2, 0.25) is 0 Å². The highest BCUT2D eigenvalue weighted by atomic mass is 19.3. The first-order chi connectivity index (χ1) is 7.98. The van der Waals surface area contributed by atoms with E-state index in [-0.39, 0.29) is 12.2 Å². The summed E-state index contributed by atoms with van der Waals surface area (Å²) in [5.41, 5.74) is 0. The number of alkyl halides is 4. The predicted octanol–water partition coefficient (Wildman–Crippen LogP) is 4.47. The van der Waals surface area contributed by atoms with Gasteiger partial charge in [0.05, 0.1) is 11.7 Å². The maximum Gasteiger partial charge on any atom is 0.503 e. The normalized spacial score (nSPS) is 11.4. The highest BCUT2D eigenvalue weighted by molar-refractivity contribution is 5.53. The lowest BCUT2D eigenvalue weighted by Crippen LogP contribution is -1.81. The molecule has 0 unspecified atom stereocenters. The summed E-state index contributed by atoms with van der Waals surface area (Å²) in [6.07, 6.45) is -6.66. The fraction of sp³-hybridized carbons (Fsp3) is 0.444. The number of carbonyl (C=O) groups is 1. The Balaban J connectivity index is -0.000000196. The van der Waals surface area contributed by atoms with Gasteiger partial charge in [-0.1, -0.05) is 0 Å². The molecule has 0 amide bonds. The zero-order valence-electron chi connectivity index (χ0n) is 9.38. The lowest BCUT2D eigenvalue weighted by Gasteiger charge is -1.83. The van der Waals surface area contributed by atoms with Crippen molar-refractivity contribution in [1.29, 1.82) is 0 Å². The van der Waals surface area contributed by atoms with Gasteiger partial charge in [-0.2, -0.15) is 0 Å². The monoisotopic (exact) mass is 282 g/mol. The Morgan fingerprint density at radius 2 is 1.06 bits per heavy atom. The second kappa shape index (κ2) is 13.4. The van der Waals surface area contributed by atoms with Crippen molar-refractivity contribution in [2.45, 2.75) is 26.7 Å². The molecule has 3 nitrogen and oxygen atoms in total. The Bertz CT molecular complexity index is 241. The van der Waals surface area contributed by atoms with Crippen LogP contribution >= 0.6 is 0 Å². The van der Waals surface area contributed by atoms with Crippen LogP contribution in [-0.4, -0.2) is 29.2 Å². The summed E-state index contributed by atoms with van der Waals surface area (Å²) in [6, 6.07) is 0. The third-order valence-corrected chi connectivity index (χ3v) is 0.711. The third kappa shape index (κ3) is 63.5. The number of hydrogen-bond acceptors (Lipinski definition) is 1. The molecule has 0 heterocycles. The van der Waals surface area contributed by atoms with Gasteiger partial charge in [0.25, 0.3) is 12.9 Å². The first kappa shape index (κ1) is 21.6. The molecule has 0 aromatic rings. The number of carboxylic acid groups (broad SMARTS) is 2. The quantitative estimate of drug-likeness (QED) is 0.734. The van der Waals surface area contributed by atoms with Crippen LogP contribution in [0.1, 0.15) is 13.8 Å². The highest BCUT2D eigenvalue weighted by Crippen LogP contribution is 2.00. The minimum absolute atomic E-state index is 0.250. The molecule has 0 spiro atoms. The zero-order chi connectivity index (χ0) is 15.3. The average Bonchev–Trinajstić information content (AvgIpc) is 1.96. The van der Waals surface area contributed by atoms with Crippen LogP contribution in [0.5, 0.6) is 0 Å². The molecular formula is C9H12F6O3. The number of rotatable bonds is 2. The van der Waals surface area contributed by atoms with E-state index in [1.165, 1.54) is 0 Å². The van der Waals surface area contributed by atoms with Gasteiger partial charge >= 0.3 is 6.16 Å². The summed E-state index contributed by atoms with van der Waals surface area (Å²) >= 11 is 0. The number of allylic oxidation sites excluding steroid dienone is 4. The van der Waals surface area contributed by atoms with Gasteiger partial charge in [-0.25, -0.2) is 31.1 Å². The average molecular weight is 282 g/mol. The Labute approximate surface area is 99.0 Å². The summed E-state index contributed by atoms with van der Waals surface area (Å²) in [5.74, 6) is -1.68. The van der Waals surface area contributed by atoms with Crippen molar-refractivity contribution in [1.82, 2.24) is 0 Å². The van der Waals surface area contributed by atoms with E-state index in [2.05, 4.69) is 0 Å². The Hall–Kier alpha value is -1.67. The fourth-order valence-corrected chi connectivity index (χ4v) is 0.347. The van der Waals surface area contributed by atoms with E-state index >= 15 is 0 Å². The van der Waals surface area contributed by atoms with Crippen molar-refractivity contribution in [3.8, 4) is 0 Å². The van der Waals surface area contributed by atoms with E-state index in [0.717, 1.165) is 13.8 Å². The molecule has 0 aliphatic rings. The minimum atomic E-state index is -2.66. The molecule has 0 aromatic carbocycles. The van der Waals surface area contributed by atoms with Crippen LogP contribution in [0.4, 0.5) is 31.1 Å². The molecule has 0 aliphatic heterocycles. The molecule has 0 aliphatic carbocycles. The minimum Gasteiger partial charge on any atom is -0.450 e. The molecule has 108 valence electrons. The molecule has 0 saturated heterocycles. The third-order valence-electron chi connectivity index (χ3n) is 0.711. The van der Waals surface area contributed by atoms with Crippen LogP contribution in [0.3, 0.4) is 0 Å². The molecule has 0 fully saturated rings. The maximum atomic E-state index is 11.3. The van der Waals surface area contributed by atoms with E-state index in [1.54, 1.807) is 0 Å². The van der Waals surface area contributed by atoms with Crippen molar-refractivity contribution < 1.29 is 41.4 Å². The van der Waals surface area contributed by atoms with E-state index in [0.29, 0.717) is 0 Å². The van der Waals surface area contributed by atoms with Gasteiger partial charge in [-0.05, 0) is 13.8 Å². The van der Waals surface area contributed by atoms with Gasteiger partial charge in [-0.3, -0.25) is 0 Å². The van der Waals surface area contributed by atoms with E-state index in [9.17, 15) is 26.3 Å². The Kier molecular flexibility index (Phi) is 16.1. The van der Waals surface area contributed by atoms with Crippen molar-refractivity contribution in [3.63, 3.8) is 0 Å². The summed E-state index contributed by atoms with van der Waals surface area (Å²) < 4.78 is 66.5. The Morgan fingerprint density at radius 3 is 1.06 bits per heavy atom. The van der Waals surface area contributed by atoms with Crippen molar-refractivity contribution in [2.24, 2.45) is 0 Å². The lowest BCUT2D eigenvalue weighted by molar-refractivity contribution is 0.137. The predicted molar refractivity (Wildman–Crippen MR) is 52.4 cm³/mol. The second-order valence-electron chi connectivity index (χ2n) is 2.46. The first-order valence-corrected chi connectivity index (χ1v) is 4.15. The molecule has 0 aromatic heterocycles. The van der Waals surface area contributed by atoms with Crippen LogP contribution in [0.2, 0.25) is 0 Å². The van der Waals surface area contributed by atoms with Crippen molar-refractivity contribution >= 4 is 6.16 Å². The van der Waals surface area contributed by atoms with E-state index in [1.807, 2.05) is 0 Å². The van der Waals surface area contributed by atoms with Gasteiger partial charge in [0.15, 0.2) is 0 Å². The molecule has 0 radical (unpaired) electrons. The van der Waals surface area contributed by atoms with Crippen molar-refractivity contribution in [3.05, 3.63) is 23.8 Å². The Morgan fingerprint density at radius 1 is 0.889 bits per heavy atom. The molecular weight excluding hydrogens is 270 g/mol. The summed E-state index contributed by atoms with van der Waals surface area (Å²) in [6.45, 7) is 1.96. The molecule has 18 heavy (non-hydrogen) atoms. The van der Waals surface area contributed by atoms with E-state index < -0.39 is 30.7 Å². The first-order valence-electron chi connectivity index (χ1n) is 4.15. The van der Waals surface area contributed by atoms with Crippen LogP contribution in [0.25, 0.3) is 0 Å². The molecule has 0 atom stereocenters. The number of halogens is 6. The second-order valence-corrected chi connectivity index (χ2v) is 2.46. The van der Waals surface area contributed by atoms with Gasteiger partial charge in [-0.15, -0.1) is 0 Å². The van der Waals surface area contributed by atoms with Gasteiger partial charge in [0, 0.05) is 12.2 Å². The summed E-state index contributed by atoms with van der Waals surface area (Å²) in [5, 5.41) is 13.9. The SMILES string of the molecule is CC(F)=CC(F)F.CC(F)=CC(F)F.O=C(O)O. The van der Waals surface area contributed by atoms with Gasteiger partial charge < -0.3 is 10.2 Å². The highest BCUT2D eigenvalue weighted by Gasteiger charge is 1.95. The van der Waals surface area contributed by atoms with Crippen molar-refractivity contribution in [2.75, 3.05) is 0 Å². The fourth-order valence-electron chi connectivity index (χ4n) is 0.347. The van der Waals surface area contributed by atoms with Gasteiger partial charge in [0.1, 0.15) is 0 Å². The lowest BCUT2D eigenvalue weighted by atomic mass is 10.5. The summed E-state index contributed by atoms with van der Waals surface area (Å²) in [4.78, 5) is 8.56. The largest absolute Gasteiger partial charge is 0.503 e. The van der Waals surface area contributed by atoms with E-state index in [4.69, 9.17) is 15.0 Å². The standard InChI is InChI=1S/2C4H5F3.CH2O3/c2*1-3(5)2-4(6)7;2-1(3)4/h2*2,4H,1H3;(H2,2,3,4). The number of hydrogen-bond donors (Lipinski definition) is 2. The van der Waals surface area contributed by atoms with Crippen LogP contribution in [0, 0.1) is 0 Å². The molecule has 9 heteroatoms. The molecule has 2 N–H and O–H groups in total. The van der Waals surface area contributed by atoms with Crippen LogP contribution < -0.4 is 0 Å². The zero-order valence-corrected chi connectivity index (χ0v) is 9.38. The topological polar surface area (TPSA) is 57.5 Å². The van der Waals surface area contributed by atoms with Crippen LogP contribution in [0.15, 0.2) is 23.8 Å². The summed E-state index contributed by atoms with van der Waals surface area (Å²) in [7, 11) is 0.